The number of aryl methyl sites for hydroxylation is 2. The van der Waals surface area contributed by atoms with Gasteiger partial charge >= 0.3 is 0 Å². The number of hydrogen-bond donors (Lipinski definition) is 1. The molecule has 3 aromatic rings. The Hall–Kier alpha value is -3.61. The summed E-state index contributed by atoms with van der Waals surface area (Å²) in [5, 5.41) is 2.74. The highest BCUT2D eigenvalue weighted by molar-refractivity contribution is 5.91. The fourth-order valence-electron chi connectivity index (χ4n) is 3.48. The predicted molar refractivity (Wildman–Crippen MR) is 113 cm³/mol. The van der Waals surface area contributed by atoms with Crippen molar-refractivity contribution in [2.45, 2.75) is 26.4 Å². The summed E-state index contributed by atoms with van der Waals surface area (Å²) in [6.07, 6.45) is 4.60. The van der Waals surface area contributed by atoms with Crippen LogP contribution in [0.2, 0.25) is 0 Å². The molecule has 0 saturated carbocycles. The number of fused-ring (bicyclic) bond motifs is 1. The molecule has 0 saturated heterocycles. The van der Waals surface area contributed by atoms with Crippen LogP contribution in [-0.2, 0) is 11.2 Å². The van der Waals surface area contributed by atoms with Crippen LogP contribution < -0.4 is 10.1 Å². The summed E-state index contributed by atoms with van der Waals surface area (Å²) in [5.74, 6) is -1.57. The first-order chi connectivity index (χ1) is 14.9. The highest BCUT2D eigenvalue weighted by Gasteiger charge is 2.24. The van der Waals surface area contributed by atoms with Crippen molar-refractivity contribution in [3.63, 3.8) is 0 Å². The maximum atomic E-state index is 13.7. The van der Waals surface area contributed by atoms with Crippen LogP contribution in [0.25, 0.3) is 17.3 Å². The first-order valence-corrected chi connectivity index (χ1v) is 9.91. The number of nitrogens with one attached hydrogen (secondary N) is 1. The van der Waals surface area contributed by atoms with E-state index < -0.39 is 17.5 Å². The number of aromatic nitrogens is 2. The summed E-state index contributed by atoms with van der Waals surface area (Å²) < 4.78 is 32.8. The van der Waals surface area contributed by atoms with E-state index in [-0.39, 0.29) is 11.7 Å². The van der Waals surface area contributed by atoms with Gasteiger partial charge in [0.1, 0.15) is 11.9 Å². The number of halogens is 2. The summed E-state index contributed by atoms with van der Waals surface area (Å²) in [7, 11) is 0. The Morgan fingerprint density at radius 2 is 2.10 bits per heavy atom. The van der Waals surface area contributed by atoms with Crippen molar-refractivity contribution < 1.29 is 18.3 Å². The smallest absolute Gasteiger partial charge is 0.244 e. The average Bonchev–Trinajstić information content (AvgIpc) is 3.17. The first kappa shape index (κ1) is 20.7. The molecule has 5 nitrogen and oxygen atoms in total. The second kappa shape index (κ2) is 8.63. The molecule has 0 aliphatic carbocycles. The van der Waals surface area contributed by atoms with Gasteiger partial charge in [-0.1, -0.05) is 12.1 Å². The third-order valence-electron chi connectivity index (χ3n) is 5.05. The third kappa shape index (κ3) is 4.60. The summed E-state index contributed by atoms with van der Waals surface area (Å²) >= 11 is 0. The highest BCUT2D eigenvalue weighted by Crippen LogP contribution is 2.33. The minimum atomic E-state index is -0.981. The molecule has 4 rings (SSSR count). The Morgan fingerprint density at radius 1 is 1.26 bits per heavy atom. The molecular formula is C24H21F2N3O2. The van der Waals surface area contributed by atoms with Crippen LogP contribution in [0.4, 0.5) is 8.78 Å². The van der Waals surface area contributed by atoms with Gasteiger partial charge in [-0.3, -0.25) is 9.78 Å². The van der Waals surface area contributed by atoms with Gasteiger partial charge in [0.05, 0.1) is 23.6 Å². The molecule has 0 radical (unpaired) electrons. The standard InChI is InChI=1S/C24H21F2N3O2/c1-14-12-27-15(2)24(29-14)17-6-8-21-18(10-17)11-19(31-21)13-28-22(30)9-7-16-4-3-5-20(25)23(16)26/h3-10,12,19H,11,13H2,1-2H3,(H,28,30). The molecule has 0 fully saturated rings. The third-order valence-corrected chi connectivity index (χ3v) is 5.05. The summed E-state index contributed by atoms with van der Waals surface area (Å²) in [6.45, 7) is 4.12. The lowest BCUT2D eigenvalue weighted by molar-refractivity contribution is -0.116. The number of hydrogen-bond acceptors (Lipinski definition) is 4. The van der Waals surface area contributed by atoms with Crippen LogP contribution >= 0.6 is 0 Å². The number of carbonyl (C=O) groups excluding carboxylic acids is 1. The number of benzene rings is 2. The number of carbonyl (C=O) groups is 1. The normalized spacial score (nSPS) is 15.0. The number of ether oxygens (including phenoxy) is 1. The lowest BCUT2D eigenvalue weighted by Crippen LogP contribution is -2.33. The second-order valence-electron chi connectivity index (χ2n) is 7.43. The fraction of sp³-hybridized carbons (Fsp3) is 0.208. The Balaban J connectivity index is 1.37. The molecule has 1 atom stereocenters. The molecule has 1 aromatic heterocycles. The summed E-state index contributed by atoms with van der Waals surface area (Å²) in [5.41, 5.74) is 4.58. The Bertz CT molecular complexity index is 1180. The van der Waals surface area contributed by atoms with Crippen LogP contribution in [0.3, 0.4) is 0 Å². The van der Waals surface area contributed by atoms with Crippen molar-refractivity contribution in [1.82, 2.24) is 15.3 Å². The van der Waals surface area contributed by atoms with Gasteiger partial charge in [-0.25, -0.2) is 13.8 Å². The lowest BCUT2D eigenvalue weighted by atomic mass is 10.0. The van der Waals surface area contributed by atoms with E-state index in [1.807, 2.05) is 32.0 Å². The van der Waals surface area contributed by atoms with Crippen LogP contribution in [-0.4, -0.2) is 28.5 Å². The second-order valence-corrected chi connectivity index (χ2v) is 7.43. The van der Waals surface area contributed by atoms with E-state index in [1.54, 1.807) is 6.20 Å². The van der Waals surface area contributed by atoms with E-state index in [0.29, 0.717) is 13.0 Å². The van der Waals surface area contributed by atoms with Gasteiger partial charge in [-0.05, 0) is 49.8 Å². The van der Waals surface area contributed by atoms with Crippen molar-refractivity contribution in [2.24, 2.45) is 0 Å². The number of amides is 1. The zero-order valence-electron chi connectivity index (χ0n) is 17.2. The molecule has 2 aromatic carbocycles. The van der Waals surface area contributed by atoms with Gasteiger partial charge in [0.25, 0.3) is 0 Å². The molecule has 1 aliphatic heterocycles. The first-order valence-electron chi connectivity index (χ1n) is 9.91. The monoisotopic (exact) mass is 421 g/mol. The fourth-order valence-corrected chi connectivity index (χ4v) is 3.48. The molecule has 0 spiro atoms. The Kier molecular flexibility index (Phi) is 5.75. The van der Waals surface area contributed by atoms with Crippen molar-refractivity contribution in [2.75, 3.05) is 6.54 Å². The zero-order valence-corrected chi connectivity index (χ0v) is 17.2. The molecule has 1 aliphatic rings. The quantitative estimate of drug-likeness (QED) is 0.628. The van der Waals surface area contributed by atoms with Crippen LogP contribution in [0.5, 0.6) is 5.75 Å². The minimum Gasteiger partial charge on any atom is -0.488 e. The molecular weight excluding hydrogens is 400 g/mol. The Morgan fingerprint density at radius 3 is 2.94 bits per heavy atom. The van der Waals surface area contributed by atoms with E-state index in [4.69, 9.17) is 4.74 Å². The van der Waals surface area contributed by atoms with Crippen molar-refractivity contribution in [3.8, 4) is 17.0 Å². The largest absolute Gasteiger partial charge is 0.488 e. The van der Waals surface area contributed by atoms with Crippen molar-refractivity contribution in [3.05, 3.63) is 82.8 Å². The van der Waals surface area contributed by atoms with Gasteiger partial charge in [-0.2, -0.15) is 0 Å². The zero-order chi connectivity index (χ0) is 22.0. The van der Waals surface area contributed by atoms with E-state index in [1.165, 1.54) is 24.3 Å². The number of rotatable bonds is 5. The van der Waals surface area contributed by atoms with Gasteiger partial charge in [0, 0.05) is 29.8 Å². The number of nitrogens with zero attached hydrogens (tertiary/aromatic N) is 2. The molecule has 0 bridgehead atoms. The molecule has 1 amide bonds. The highest BCUT2D eigenvalue weighted by atomic mass is 19.2. The molecule has 1 N–H and O–H groups in total. The van der Waals surface area contributed by atoms with Gasteiger partial charge in [0.15, 0.2) is 11.6 Å². The van der Waals surface area contributed by atoms with Crippen LogP contribution in [0.1, 0.15) is 22.5 Å². The molecule has 1 unspecified atom stereocenters. The predicted octanol–water partition coefficient (Wildman–Crippen LogP) is 4.17. The van der Waals surface area contributed by atoms with Crippen molar-refractivity contribution >= 4 is 12.0 Å². The van der Waals surface area contributed by atoms with E-state index in [0.717, 1.165) is 40.0 Å². The van der Waals surface area contributed by atoms with Gasteiger partial charge < -0.3 is 10.1 Å². The maximum absolute atomic E-state index is 13.7. The molecule has 2 heterocycles. The lowest BCUT2D eigenvalue weighted by Gasteiger charge is -2.10. The van der Waals surface area contributed by atoms with Crippen LogP contribution in [0, 0.1) is 25.5 Å². The summed E-state index contributed by atoms with van der Waals surface area (Å²) in [6, 6.07) is 9.71. The molecule has 7 heteroatoms. The molecule has 158 valence electrons. The van der Waals surface area contributed by atoms with E-state index >= 15 is 0 Å². The van der Waals surface area contributed by atoms with E-state index in [2.05, 4.69) is 15.3 Å². The Labute approximate surface area is 178 Å². The van der Waals surface area contributed by atoms with E-state index in [9.17, 15) is 13.6 Å². The van der Waals surface area contributed by atoms with Gasteiger partial charge in [0.2, 0.25) is 5.91 Å². The summed E-state index contributed by atoms with van der Waals surface area (Å²) in [4.78, 5) is 21.0. The average molecular weight is 421 g/mol. The molecule has 31 heavy (non-hydrogen) atoms. The van der Waals surface area contributed by atoms with Crippen LogP contribution in [0.15, 0.2) is 48.7 Å². The minimum absolute atomic E-state index is 0.0155. The van der Waals surface area contributed by atoms with Crippen molar-refractivity contribution in [1.29, 1.82) is 0 Å². The van der Waals surface area contributed by atoms with Gasteiger partial charge in [-0.15, -0.1) is 0 Å². The maximum Gasteiger partial charge on any atom is 0.244 e. The topological polar surface area (TPSA) is 64.1 Å². The SMILES string of the molecule is Cc1cnc(C)c(-c2ccc3c(c2)CC(CNC(=O)C=Cc2cccc(F)c2F)O3)n1.